The van der Waals surface area contributed by atoms with Gasteiger partial charge in [0.15, 0.2) is 11.5 Å². The second kappa shape index (κ2) is 8.75. The van der Waals surface area contributed by atoms with Gasteiger partial charge in [0.2, 0.25) is 5.75 Å². The Hall–Kier alpha value is -3.22. The molecule has 0 fully saturated rings. The van der Waals surface area contributed by atoms with Gasteiger partial charge in [0.1, 0.15) is 11.3 Å². The lowest BCUT2D eigenvalue weighted by atomic mass is 10.1. The first-order valence-electron chi connectivity index (χ1n) is 7.71. The van der Waals surface area contributed by atoms with E-state index in [9.17, 15) is 9.59 Å². The third kappa shape index (κ3) is 4.24. The van der Waals surface area contributed by atoms with Crippen LogP contribution in [0.4, 0.5) is 0 Å². The van der Waals surface area contributed by atoms with E-state index in [1.54, 1.807) is 30.3 Å². The molecule has 7 nitrogen and oxygen atoms in total. The molecule has 0 aliphatic rings. The second-order valence-electron chi connectivity index (χ2n) is 5.17. The number of carbonyl (C=O) groups excluding carboxylic acids is 2. The molecule has 0 N–H and O–H groups in total. The molecule has 0 saturated carbocycles. The van der Waals surface area contributed by atoms with Crippen molar-refractivity contribution in [3.8, 4) is 23.0 Å². The van der Waals surface area contributed by atoms with Crippen molar-refractivity contribution in [1.82, 2.24) is 0 Å². The highest BCUT2D eigenvalue weighted by Crippen LogP contribution is 2.40. The largest absolute Gasteiger partial charge is 0.493 e. The average Bonchev–Trinajstić information content (AvgIpc) is 2.67. The van der Waals surface area contributed by atoms with Crippen LogP contribution in [0.3, 0.4) is 0 Å². The maximum absolute atomic E-state index is 12.5. The van der Waals surface area contributed by atoms with Gasteiger partial charge in [0, 0.05) is 0 Å². The maximum Gasteiger partial charge on any atom is 0.347 e. The van der Waals surface area contributed by atoms with Gasteiger partial charge < -0.3 is 23.7 Å². The van der Waals surface area contributed by atoms with E-state index in [4.69, 9.17) is 18.9 Å². The quantitative estimate of drug-likeness (QED) is 0.555. The predicted octanol–water partition coefficient (Wildman–Crippen LogP) is 2.65. The minimum atomic E-state index is -0.608. The molecule has 0 unspecified atom stereocenters. The van der Waals surface area contributed by atoms with E-state index in [0.717, 1.165) is 5.56 Å². The molecular weight excluding hydrogens is 340 g/mol. The summed E-state index contributed by atoms with van der Waals surface area (Å²) in [7, 11) is 5.70. The van der Waals surface area contributed by atoms with Crippen LogP contribution in [0, 0.1) is 0 Å². The van der Waals surface area contributed by atoms with Crippen molar-refractivity contribution in [2.24, 2.45) is 0 Å². The van der Waals surface area contributed by atoms with Gasteiger partial charge >= 0.3 is 11.9 Å². The Morgan fingerprint density at radius 1 is 0.808 bits per heavy atom. The number of methoxy groups -OCH3 is 4. The molecule has 7 heteroatoms. The molecule has 2 aromatic rings. The molecule has 26 heavy (non-hydrogen) atoms. The zero-order chi connectivity index (χ0) is 19.1. The molecule has 138 valence electrons. The molecule has 0 atom stereocenters. The van der Waals surface area contributed by atoms with Gasteiger partial charge in [-0.25, -0.2) is 4.79 Å². The van der Waals surface area contributed by atoms with Crippen molar-refractivity contribution >= 4 is 11.9 Å². The van der Waals surface area contributed by atoms with E-state index in [-0.39, 0.29) is 23.7 Å². The topological polar surface area (TPSA) is 80.3 Å². The fraction of sp³-hybridized carbons (Fsp3) is 0.263. The first kappa shape index (κ1) is 19.1. The van der Waals surface area contributed by atoms with Crippen molar-refractivity contribution in [3.63, 3.8) is 0 Å². The summed E-state index contributed by atoms with van der Waals surface area (Å²) in [5.41, 5.74) is 0.948. The van der Waals surface area contributed by atoms with Gasteiger partial charge in [-0.15, -0.1) is 0 Å². The Morgan fingerprint density at radius 3 is 2.00 bits per heavy atom. The molecule has 0 spiro atoms. The molecule has 0 aromatic heterocycles. The van der Waals surface area contributed by atoms with Crippen LogP contribution in [0.15, 0.2) is 36.4 Å². The number of ether oxygens (including phenoxy) is 5. The summed E-state index contributed by atoms with van der Waals surface area (Å²) in [4.78, 5) is 23.8. The van der Waals surface area contributed by atoms with Crippen LogP contribution in [0.1, 0.15) is 15.9 Å². The minimum Gasteiger partial charge on any atom is -0.493 e. The van der Waals surface area contributed by atoms with Crippen LogP contribution >= 0.6 is 0 Å². The van der Waals surface area contributed by atoms with Gasteiger partial charge in [-0.2, -0.15) is 0 Å². The first-order valence-corrected chi connectivity index (χ1v) is 7.71. The number of carbonyl (C=O) groups is 2. The SMILES string of the molecule is COC(=O)Cc1ccc(OC(=O)c2ccc(OC)c(OC)c2OC)cc1. The molecular formula is C19H20O7. The number of benzene rings is 2. The van der Waals surface area contributed by atoms with Gasteiger partial charge in [-0.05, 0) is 29.8 Å². The van der Waals surface area contributed by atoms with E-state index < -0.39 is 5.97 Å². The molecule has 0 amide bonds. The second-order valence-corrected chi connectivity index (χ2v) is 5.17. The van der Waals surface area contributed by atoms with Gasteiger partial charge in [-0.3, -0.25) is 4.79 Å². The van der Waals surface area contributed by atoms with Gasteiger partial charge in [0.25, 0.3) is 0 Å². The Labute approximate surface area is 151 Å². The van der Waals surface area contributed by atoms with Crippen molar-refractivity contribution in [2.75, 3.05) is 28.4 Å². The molecule has 2 aromatic carbocycles. The summed E-state index contributed by atoms with van der Waals surface area (Å²) in [5.74, 6) is 0.346. The lowest BCUT2D eigenvalue weighted by Crippen LogP contribution is -2.11. The summed E-state index contributed by atoms with van der Waals surface area (Å²) in [5, 5.41) is 0. The van der Waals surface area contributed by atoms with Crippen LogP contribution in [0.2, 0.25) is 0 Å². The van der Waals surface area contributed by atoms with Crippen LogP contribution in [0.5, 0.6) is 23.0 Å². The Morgan fingerprint density at radius 2 is 1.46 bits per heavy atom. The van der Waals surface area contributed by atoms with Crippen molar-refractivity contribution in [3.05, 3.63) is 47.5 Å². The number of rotatable bonds is 7. The Bertz CT molecular complexity index is 781. The standard InChI is InChI=1S/C19H20O7/c1-22-15-10-9-14(17(24-3)18(15)25-4)19(21)26-13-7-5-12(6-8-13)11-16(20)23-2/h5-10H,11H2,1-4H3. The third-order valence-corrected chi connectivity index (χ3v) is 3.63. The van der Waals surface area contributed by atoms with E-state index in [1.807, 2.05) is 0 Å². The van der Waals surface area contributed by atoms with Gasteiger partial charge in [0.05, 0.1) is 34.9 Å². The van der Waals surface area contributed by atoms with Crippen LogP contribution in [-0.2, 0) is 16.0 Å². The average molecular weight is 360 g/mol. The minimum absolute atomic E-state index is 0.147. The highest BCUT2D eigenvalue weighted by atomic mass is 16.5. The molecule has 0 bridgehead atoms. The van der Waals surface area contributed by atoms with Crippen LogP contribution < -0.4 is 18.9 Å². The van der Waals surface area contributed by atoms with E-state index in [1.165, 1.54) is 34.5 Å². The number of hydrogen-bond acceptors (Lipinski definition) is 7. The van der Waals surface area contributed by atoms with Crippen molar-refractivity contribution < 1.29 is 33.3 Å². The highest BCUT2D eigenvalue weighted by molar-refractivity contribution is 5.95. The summed E-state index contributed by atoms with van der Waals surface area (Å²) >= 11 is 0. The van der Waals surface area contributed by atoms with Crippen LogP contribution in [0.25, 0.3) is 0 Å². The molecule has 2 rings (SSSR count). The van der Waals surface area contributed by atoms with E-state index in [2.05, 4.69) is 4.74 Å². The van der Waals surface area contributed by atoms with Crippen molar-refractivity contribution in [1.29, 1.82) is 0 Å². The normalized spacial score (nSPS) is 10.0. The zero-order valence-corrected chi connectivity index (χ0v) is 15.0. The fourth-order valence-electron chi connectivity index (χ4n) is 2.34. The molecule has 0 heterocycles. The Kier molecular flexibility index (Phi) is 6.43. The molecule has 0 saturated heterocycles. The predicted molar refractivity (Wildman–Crippen MR) is 93.2 cm³/mol. The van der Waals surface area contributed by atoms with Gasteiger partial charge in [-0.1, -0.05) is 12.1 Å². The summed E-state index contributed by atoms with van der Waals surface area (Å²) in [6.45, 7) is 0. The van der Waals surface area contributed by atoms with E-state index >= 15 is 0 Å². The summed E-state index contributed by atoms with van der Waals surface area (Å²) in [6.07, 6.45) is 0.147. The molecule has 0 aliphatic carbocycles. The first-order chi connectivity index (χ1) is 12.5. The number of esters is 2. The monoisotopic (exact) mass is 360 g/mol. The Balaban J connectivity index is 2.21. The molecule has 0 aliphatic heterocycles. The zero-order valence-electron chi connectivity index (χ0n) is 15.0. The fourth-order valence-corrected chi connectivity index (χ4v) is 2.34. The maximum atomic E-state index is 12.5. The summed E-state index contributed by atoms with van der Waals surface area (Å²) < 4.78 is 25.7. The smallest absolute Gasteiger partial charge is 0.347 e. The lowest BCUT2D eigenvalue weighted by molar-refractivity contribution is -0.139. The number of hydrogen-bond donors (Lipinski definition) is 0. The third-order valence-electron chi connectivity index (χ3n) is 3.63. The molecule has 0 radical (unpaired) electrons. The van der Waals surface area contributed by atoms with E-state index in [0.29, 0.717) is 17.2 Å². The lowest BCUT2D eigenvalue weighted by Gasteiger charge is -2.15. The van der Waals surface area contributed by atoms with Crippen molar-refractivity contribution in [2.45, 2.75) is 6.42 Å². The van der Waals surface area contributed by atoms with Crippen LogP contribution in [-0.4, -0.2) is 40.4 Å². The summed E-state index contributed by atoms with van der Waals surface area (Å²) in [6, 6.07) is 9.70. The highest BCUT2D eigenvalue weighted by Gasteiger charge is 2.22.